The number of carbonyl (C=O) groups is 1. The maximum absolute atomic E-state index is 12.3. The van der Waals surface area contributed by atoms with Crippen molar-refractivity contribution in [2.75, 3.05) is 6.54 Å². The Morgan fingerprint density at radius 1 is 1.29 bits per heavy atom. The van der Waals surface area contributed by atoms with Crippen LogP contribution in [-0.4, -0.2) is 18.0 Å². The van der Waals surface area contributed by atoms with Gasteiger partial charge in [-0.1, -0.05) is 29.8 Å². The van der Waals surface area contributed by atoms with Gasteiger partial charge in [-0.15, -0.1) is 0 Å². The van der Waals surface area contributed by atoms with Crippen molar-refractivity contribution in [2.45, 2.75) is 32.9 Å². The summed E-state index contributed by atoms with van der Waals surface area (Å²) in [5.74, 6) is 1.51. The van der Waals surface area contributed by atoms with Gasteiger partial charge in [0.2, 0.25) is 0 Å². The Hall–Kier alpha value is -1.79. The molecule has 1 aromatic heterocycles. The molecule has 1 heterocycles. The Balaban J connectivity index is 1.97. The van der Waals surface area contributed by atoms with Gasteiger partial charge in [0.1, 0.15) is 18.1 Å². The molecule has 24 heavy (non-hydrogen) atoms. The Morgan fingerprint density at radius 2 is 1.96 bits per heavy atom. The van der Waals surface area contributed by atoms with Crippen molar-refractivity contribution < 1.29 is 13.9 Å². The van der Waals surface area contributed by atoms with Gasteiger partial charge >= 0.3 is 0 Å². The van der Waals surface area contributed by atoms with Crippen molar-refractivity contribution in [1.82, 2.24) is 5.32 Å². The number of benzene rings is 1. The molecule has 0 bridgehead atoms. The Kier molecular flexibility index (Phi) is 6.07. The standard InChI is InChI=1S/C18H23BrN2O3/c1-12(2)18(3,11-20)21-17(22)16-9-8-15(24-16)10-23-14-6-4-13(19)5-7-14/h4-9,12H,10-11,20H2,1-3H3,(H,21,22). The zero-order valence-corrected chi connectivity index (χ0v) is 15.7. The number of nitrogens with one attached hydrogen (secondary N) is 1. The second-order valence-electron chi connectivity index (χ2n) is 6.24. The molecule has 6 heteroatoms. The van der Waals surface area contributed by atoms with E-state index in [0.29, 0.717) is 12.3 Å². The van der Waals surface area contributed by atoms with Gasteiger partial charge in [-0.3, -0.25) is 4.79 Å². The predicted molar refractivity (Wildman–Crippen MR) is 96.9 cm³/mol. The monoisotopic (exact) mass is 394 g/mol. The van der Waals surface area contributed by atoms with Crippen molar-refractivity contribution in [3.05, 3.63) is 52.4 Å². The summed E-state index contributed by atoms with van der Waals surface area (Å²) in [7, 11) is 0. The summed E-state index contributed by atoms with van der Waals surface area (Å²) in [5.41, 5.74) is 5.32. The molecule has 0 saturated heterocycles. The number of amides is 1. The average molecular weight is 395 g/mol. The van der Waals surface area contributed by atoms with Crippen LogP contribution >= 0.6 is 15.9 Å². The molecule has 0 radical (unpaired) electrons. The van der Waals surface area contributed by atoms with E-state index in [2.05, 4.69) is 21.2 Å². The summed E-state index contributed by atoms with van der Waals surface area (Å²) < 4.78 is 12.2. The molecule has 0 spiro atoms. The maximum atomic E-state index is 12.3. The van der Waals surface area contributed by atoms with Crippen molar-refractivity contribution in [2.24, 2.45) is 11.7 Å². The van der Waals surface area contributed by atoms with Gasteiger partial charge in [-0.05, 0) is 49.2 Å². The lowest BCUT2D eigenvalue weighted by Crippen LogP contribution is -2.54. The second-order valence-corrected chi connectivity index (χ2v) is 7.15. The minimum atomic E-state index is -0.474. The van der Waals surface area contributed by atoms with Gasteiger partial charge in [0.15, 0.2) is 5.76 Å². The van der Waals surface area contributed by atoms with E-state index in [1.165, 1.54) is 0 Å². The van der Waals surface area contributed by atoms with E-state index in [1.54, 1.807) is 12.1 Å². The molecule has 0 saturated carbocycles. The third kappa shape index (κ3) is 4.61. The van der Waals surface area contributed by atoms with E-state index < -0.39 is 5.54 Å². The van der Waals surface area contributed by atoms with Crippen LogP contribution in [0.25, 0.3) is 0 Å². The van der Waals surface area contributed by atoms with Gasteiger partial charge in [0.25, 0.3) is 5.91 Å². The van der Waals surface area contributed by atoms with E-state index in [4.69, 9.17) is 14.9 Å². The quantitative estimate of drug-likeness (QED) is 0.749. The van der Waals surface area contributed by atoms with E-state index >= 15 is 0 Å². The first-order valence-electron chi connectivity index (χ1n) is 7.83. The number of rotatable bonds is 7. The van der Waals surface area contributed by atoms with Crippen LogP contribution in [0, 0.1) is 5.92 Å². The van der Waals surface area contributed by atoms with E-state index in [0.717, 1.165) is 10.2 Å². The summed E-state index contributed by atoms with van der Waals surface area (Å²) in [4.78, 5) is 12.3. The van der Waals surface area contributed by atoms with Crippen LogP contribution in [0.15, 0.2) is 45.3 Å². The molecule has 0 fully saturated rings. The minimum absolute atomic E-state index is 0.210. The van der Waals surface area contributed by atoms with Crippen LogP contribution < -0.4 is 15.8 Å². The van der Waals surface area contributed by atoms with E-state index in [9.17, 15) is 4.79 Å². The molecular formula is C18H23BrN2O3. The molecule has 1 unspecified atom stereocenters. The highest BCUT2D eigenvalue weighted by Gasteiger charge is 2.29. The van der Waals surface area contributed by atoms with Gasteiger partial charge in [0, 0.05) is 11.0 Å². The highest BCUT2D eigenvalue weighted by molar-refractivity contribution is 9.10. The molecule has 2 rings (SSSR count). The topological polar surface area (TPSA) is 77.5 Å². The van der Waals surface area contributed by atoms with Crippen LogP contribution in [0.5, 0.6) is 5.75 Å². The summed E-state index contributed by atoms with van der Waals surface area (Å²) in [6, 6.07) is 10.9. The van der Waals surface area contributed by atoms with Gasteiger partial charge in [0.05, 0.1) is 5.54 Å². The molecule has 5 nitrogen and oxygen atoms in total. The van der Waals surface area contributed by atoms with Crippen LogP contribution in [-0.2, 0) is 6.61 Å². The zero-order chi connectivity index (χ0) is 17.7. The van der Waals surface area contributed by atoms with E-state index in [-0.39, 0.29) is 24.2 Å². The smallest absolute Gasteiger partial charge is 0.287 e. The van der Waals surface area contributed by atoms with Gasteiger partial charge in [-0.25, -0.2) is 0 Å². The molecule has 130 valence electrons. The summed E-state index contributed by atoms with van der Waals surface area (Å²) in [6.07, 6.45) is 0. The summed E-state index contributed by atoms with van der Waals surface area (Å²) in [5, 5.41) is 2.95. The number of halogens is 1. The first-order valence-corrected chi connectivity index (χ1v) is 8.63. The van der Waals surface area contributed by atoms with Crippen LogP contribution in [0.4, 0.5) is 0 Å². The predicted octanol–water partition coefficient (Wildman–Crippen LogP) is 3.72. The first-order chi connectivity index (χ1) is 11.3. The molecule has 2 aromatic rings. The lowest BCUT2D eigenvalue weighted by Gasteiger charge is -2.33. The van der Waals surface area contributed by atoms with Gasteiger partial charge in [-0.2, -0.15) is 0 Å². The van der Waals surface area contributed by atoms with Crippen LogP contribution in [0.2, 0.25) is 0 Å². The van der Waals surface area contributed by atoms with Crippen LogP contribution in [0.3, 0.4) is 0 Å². The normalized spacial score (nSPS) is 13.6. The highest BCUT2D eigenvalue weighted by Crippen LogP contribution is 2.19. The van der Waals surface area contributed by atoms with Crippen LogP contribution in [0.1, 0.15) is 37.1 Å². The number of hydrogen-bond donors (Lipinski definition) is 2. The van der Waals surface area contributed by atoms with Crippen molar-refractivity contribution >= 4 is 21.8 Å². The molecule has 0 aliphatic carbocycles. The molecule has 1 aromatic carbocycles. The molecule has 0 aliphatic heterocycles. The number of nitrogens with two attached hydrogens (primary N) is 1. The Bertz CT molecular complexity index is 682. The number of ether oxygens (including phenoxy) is 1. The third-order valence-corrected chi connectivity index (χ3v) is 4.71. The van der Waals surface area contributed by atoms with Crippen molar-refractivity contribution in [3.8, 4) is 5.75 Å². The summed E-state index contributed by atoms with van der Waals surface area (Å²) in [6.45, 7) is 6.58. The number of hydrogen-bond acceptors (Lipinski definition) is 4. The fourth-order valence-electron chi connectivity index (χ4n) is 2.01. The van der Waals surface area contributed by atoms with Crippen molar-refractivity contribution in [1.29, 1.82) is 0 Å². The highest BCUT2D eigenvalue weighted by atomic mass is 79.9. The minimum Gasteiger partial charge on any atom is -0.486 e. The SMILES string of the molecule is CC(C)C(C)(CN)NC(=O)c1ccc(COc2ccc(Br)cc2)o1. The average Bonchev–Trinajstić information content (AvgIpc) is 3.03. The number of carbonyl (C=O) groups excluding carboxylic acids is 1. The fraction of sp³-hybridized carbons (Fsp3) is 0.389. The number of furan rings is 1. The lowest BCUT2D eigenvalue weighted by molar-refractivity contribution is 0.0850. The Labute approximate surface area is 150 Å². The maximum Gasteiger partial charge on any atom is 0.287 e. The molecule has 1 amide bonds. The lowest BCUT2D eigenvalue weighted by atomic mass is 9.88. The fourth-order valence-corrected chi connectivity index (χ4v) is 2.28. The molecule has 1 atom stereocenters. The summed E-state index contributed by atoms with van der Waals surface area (Å²) >= 11 is 3.37. The first kappa shape index (κ1) is 18.5. The Morgan fingerprint density at radius 3 is 2.54 bits per heavy atom. The molecule has 0 aliphatic rings. The third-order valence-electron chi connectivity index (χ3n) is 4.18. The molecular weight excluding hydrogens is 372 g/mol. The second kappa shape index (κ2) is 7.85. The molecule has 3 N–H and O–H groups in total. The van der Waals surface area contributed by atoms with Crippen molar-refractivity contribution in [3.63, 3.8) is 0 Å². The largest absolute Gasteiger partial charge is 0.486 e. The van der Waals surface area contributed by atoms with E-state index in [1.807, 2.05) is 45.0 Å². The zero-order valence-electron chi connectivity index (χ0n) is 14.1. The van der Waals surface area contributed by atoms with Gasteiger partial charge < -0.3 is 20.2 Å².